The molecule has 4 amide bonds. The number of nitrogens with one attached hydrogen (secondary N) is 5. The summed E-state index contributed by atoms with van der Waals surface area (Å²) in [5.41, 5.74) is 6.62. The first-order valence-electron chi connectivity index (χ1n) is 22.9. The molecule has 0 spiro atoms. The number of aliphatic hydroxyl groups is 1. The number of nitrogens with zero attached hydrogens (tertiary/aromatic N) is 7. The fraction of sp³-hybridized carbons (Fsp3) is 0.438. The van der Waals surface area contributed by atoms with Crippen molar-refractivity contribution in [2.75, 3.05) is 51.4 Å². The van der Waals surface area contributed by atoms with E-state index in [0.29, 0.717) is 28.2 Å². The molecule has 5 aromatic heterocycles. The van der Waals surface area contributed by atoms with Crippen LogP contribution in [0.15, 0.2) is 72.8 Å². The molecule has 6 aromatic rings. The van der Waals surface area contributed by atoms with Crippen LogP contribution in [-0.2, 0) is 35.2 Å². The number of thiazole rings is 1. The van der Waals surface area contributed by atoms with Gasteiger partial charge < -0.3 is 45.7 Å². The molecule has 4 atom stereocenters. The maximum absolute atomic E-state index is 14.0. The van der Waals surface area contributed by atoms with Crippen molar-refractivity contribution in [3.05, 3.63) is 84.0 Å². The lowest BCUT2D eigenvalue weighted by atomic mass is 9.85. The Balaban J connectivity index is 0.798. The number of carbonyl (C=O) groups excluding carboxylic acids is 4. The lowest BCUT2D eigenvalue weighted by Crippen LogP contribution is -2.58. The molecule has 22 heteroatoms. The fourth-order valence-electron chi connectivity index (χ4n) is 7.96. The second kappa shape index (κ2) is 23.2. The van der Waals surface area contributed by atoms with Crippen LogP contribution in [0.4, 0.5) is 14.7 Å². The van der Waals surface area contributed by atoms with Gasteiger partial charge in [-0.15, -0.1) is 11.3 Å². The quantitative estimate of drug-likeness (QED) is 0.0497. The third kappa shape index (κ3) is 13.3. The van der Waals surface area contributed by atoms with E-state index in [1.807, 2.05) is 50.2 Å². The second-order valence-corrected chi connectivity index (χ2v) is 18.8. The number of hydrogen-bond acceptors (Lipinski definition) is 14. The van der Waals surface area contributed by atoms with Crippen LogP contribution in [0.1, 0.15) is 57.8 Å². The number of hydrogen-bond donors (Lipinski definition) is 6. The summed E-state index contributed by atoms with van der Waals surface area (Å²) in [6.07, 6.45) is 3.05. The van der Waals surface area contributed by atoms with Gasteiger partial charge in [-0.05, 0) is 48.6 Å². The van der Waals surface area contributed by atoms with Crippen LogP contribution in [0, 0.1) is 12.3 Å². The molecule has 1 aromatic carbocycles. The summed E-state index contributed by atoms with van der Waals surface area (Å²) in [6.45, 7) is 9.04. The molecule has 0 radical (unpaired) electrons. The van der Waals surface area contributed by atoms with E-state index in [4.69, 9.17) is 9.47 Å². The summed E-state index contributed by atoms with van der Waals surface area (Å²) in [5, 5.41) is 27.4. The van der Waals surface area contributed by atoms with Crippen molar-refractivity contribution in [2.24, 2.45) is 5.41 Å². The summed E-state index contributed by atoms with van der Waals surface area (Å²) < 4.78 is 38.9. The van der Waals surface area contributed by atoms with Gasteiger partial charge in [0.25, 0.3) is 6.43 Å². The van der Waals surface area contributed by atoms with E-state index in [1.165, 1.54) is 22.0 Å². The number of halogens is 2. The van der Waals surface area contributed by atoms with Crippen molar-refractivity contribution in [1.82, 2.24) is 55.6 Å². The van der Waals surface area contributed by atoms with Gasteiger partial charge in [0.1, 0.15) is 36.6 Å². The van der Waals surface area contributed by atoms with Gasteiger partial charge >= 0.3 is 0 Å². The first-order valence-corrected chi connectivity index (χ1v) is 23.8. The van der Waals surface area contributed by atoms with Gasteiger partial charge in [0.05, 0.1) is 53.7 Å². The number of β-amino-alcohol motifs (C(OH)–C–C–N with tert-alkyl or cyclic N) is 1. The Kier molecular flexibility index (Phi) is 17.0. The molecule has 70 heavy (non-hydrogen) atoms. The van der Waals surface area contributed by atoms with Crippen LogP contribution in [0.25, 0.3) is 44.0 Å². The molecule has 0 unspecified atom stereocenters. The van der Waals surface area contributed by atoms with Crippen molar-refractivity contribution in [2.45, 2.75) is 84.7 Å². The molecule has 0 aliphatic carbocycles. The van der Waals surface area contributed by atoms with Gasteiger partial charge in [0.2, 0.25) is 29.6 Å². The Hall–Kier alpha value is -6.75. The number of aromatic amines is 1. The highest BCUT2D eigenvalue weighted by atomic mass is 32.1. The van der Waals surface area contributed by atoms with Gasteiger partial charge in [-0.25, -0.2) is 28.7 Å². The molecule has 372 valence electrons. The predicted octanol–water partition coefficient (Wildman–Crippen LogP) is 4.90. The minimum Gasteiger partial charge on any atom is -0.391 e. The largest absolute Gasteiger partial charge is 0.391 e. The Morgan fingerprint density at radius 3 is 2.50 bits per heavy atom. The monoisotopic (exact) mass is 984 g/mol. The molecule has 6 heterocycles. The number of aryl methyl sites for hydroxylation is 1. The lowest BCUT2D eigenvalue weighted by Gasteiger charge is -2.35. The number of benzene rings is 1. The van der Waals surface area contributed by atoms with Gasteiger partial charge in [0.15, 0.2) is 0 Å². The number of aromatic nitrogens is 7. The maximum Gasteiger partial charge on any atom is 0.257 e. The zero-order valence-electron chi connectivity index (χ0n) is 39.6. The number of carbonyl (C=O) groups is 4. The number of fused-ring (bicyclic) bond motifs is 1. The van der Waals surface area contributed by atoms with Crippen LogP contribution in [0.5, 0.6) is 0 Å². The summed E-state index contributed by atoms with van der Waals surface area (Å²) in [7, 11) is 0. The van der Waals surface area contributed by atoms with Crippen LogP contribution in [0.2, 0.25) is 0 Å². The normalized spacial score (nSPS) is 15.8. The summed E-state index contributed by atoms with van der Waals surface area (Å²) in [4.78, 5) is 76.2. The molecule has 0 bridgehead atoms. The van der Waals surface area contributed by atoms with Crippen molar-refractivity contribution in [3.63, 3.8) is 0 Å². The SMILES string of the molecule is Cc1ncsc1-c1ccc([C@H](C)NC(=O)[C@@H]2C[C@@H](O)CN2C(=O)[C@H](NC(=O)COCCOCCNC(=O)CCNc2nccc(-c3cn(CC(F)F)nc3-c3cnc4[nH]ccc4c3)n2)C(C)(C)C)cc1. The van der Waals surface area contributed by atoms with E-state index in [1.54, 1.807) is 56.1 Å². The number of alkyl halides is 2. The summed E-state index contributed by atoms with van der Waals surface area (Å²) in [6, 6.07) is 10.9. The molecular weight excluding hydrogens is 927 g/mol. The molecular formula is C48H58F2N12O7S. The van der Waals surface area contributed by atoms with Crippen molar-refractivity contribution in [1.29, 1.82) is 0 Å². The molecule has 1 aliphatic rings. The Labute approximate surface area is 407 Å². The molecule has 7 rings (SSSR count). The standard InChI is InChI=1S/C48H58F2N12O7S/c1-28(30-6-8-31(9-7-30)42-29(2)56-27-70-42)57-45(66)37-21-34(63)23-62(37)46(67)43(48(3,4)5)59-40(65)26-69-19-18-68-17-16-51-39(64)12-15-54-47-53-14-11-36(58-47)35-24-61(25-38(49)50)60-41(35)33-20-32-10-13-52-44(32)55-22-33/h6-11,13-14,20,22,24,27-28,34,37-38,43,63H,12,15-19,21,23,25-26H2,1-5H3,(H,51,64)(H,52,55)(H,57,66)(H,59,65)(H,53,54,58)/t28-,34+,37-,43-/m0/s1. The van der Waals surface area contributed by atoms with E-state index < -0.39 is 54.3 Å². The summed E-state index contributed by atoms with van der Waals surface area (Å²) in [5.74, 6) is -1.43. The van der Waals surface area contributed by atoms with E-state index in [-0.39, 0.29) is 76.8 Å². The van der Waals surface area contributed by atoms with Crippen molar-refractivity contribution in [3.8, 4) is 33.0 Å². The van der Waals surface area contributed by atoms with E-state index in [9.17, 15) is 33.1 Å². The zero-order valence-corrected chi connectivity index (χ0v) is 40.4. The number of likely N-dealkylation sites (tertiary alicyclic amines) is 1. The third-order valence-electron chi connectivity index (χ3n) is 11.6. The first kappa shape index (κ1) is 51.1. The average molecular weight is 985 g/mol. The molecule has 1 aliphatic heterocycles. The molecule has 6 N–H and O–H groups in total. The number of amides is 4. The van der Waals surface area contributed by atoms with E-state index in [0.717, 1.165) is 27.1 Å². The minimum atomic E-state index is -2.61. The molecule has 0 saturated carbocycles. The van der Waals surface area contributed by atoms with Crippen LogP contribution in [0.3, 0.4) is 0 Å². The number of ether oxygens (including phenoxy) is 2. The topological polar surface area (TPSA) is 244 Å². The highest BCUT2D eigenvalue weighted by Crippen LogP contribution is 2.33. The maximum atomic E-state index is 14.0. The van der Waals surface area contributed by atoms with Crippen molar-refractivity contribution >= 4 is 51.9 Å². The van der Waals surface area contributed by atoms with Crippen LogP contribution in [-0.4, -0.2) is 139 Å². The van der Waals surface area contributed by atoms with Crippen LogP contribution < -0.4 is 21.3 Å². The van der Waals surface area contributed by atoms with E-state index in [2.05, 4.69) is 51.3 Å². The number of aliphatic hydroxyl groups excluding tert-OH is 1. The number of pyridine rings is 1. The first-order chi connectivity index (χ1) is 33.5. The molecule has 1 saturated heterocycles. The average Bonchev–Trinajstić information content (AvgIpc) is 4.15. The summed E-state index contributed by atoms with van der Waals surface area (Å²) >= 11 is 1.56. The van der Waals surface area contributed by atoms with E-state index >= 15 is 0 Å². The zero-order chi connectivity index (χ0) is 50.0. The number of rotatable bonds is 22. The highest BCUT2D eigenvalue weighted by Gasteiger charge is 2.44. The van der Waals surface area contributed by atoms with Crippen molar-refractivity contribution < 1.29 is 42.5 Å². The Morgan fingerprint density at radius 1 is 0.971 bits per heavy atom. The Bertz CT molecular complexity index is 2740. The molecule has 1 fully saturated rings. The number of H-pyrrole nitrogens is 1. The fourth-order valence-corrected chi connectivity index (χ4v) is 8.77. The second-order valence-electron chi connectivity index (χ2n) is 18.0. The highest BCUT2D eigenvalue weighted by molar-refractivity contribution is 7.13. The smallest absolute Gasteiger partial charge is 0.257 e. The number of anilines is 1. The predicted molar refractivity (Wildman–Crippen MR) is 258 cm³/mol. The van der Waals surface area contributed by atoms with Crippen LogP contribution >= 0.6 is 11.3 Å². The van der Waals surface area contributed by atoms with Gasteiger partial charge in [-0.1, -0.05) is 45.0 Å². The van der Waals surface area contributed by atoms with Gasteiger partial charge in [-0.3, -0.25) is 23.9 Å². The third-order valence-corrected chi connectivity index (χ3v) is 12.5. The minimum absolute atomic E-state index is 0.0524. The lowest BCUT2D eigenvalue weighted by molar-refractivity contribution is -0.144. The Morgan fingerprint density at radius 2 is 1.76 bits per heavy atom. The molecule has 19 nitrogen and oxygen atoms in total. The van der Waals surface area contributed by atoms with Gasteiger partial charge in [-0.2, -0.15) is 5.10 Å². The van der Waals surface area contributed by atoms with Gasteiger partial charge in [0, 0.05) is 73.8 Å².